The molecule has 0 spiro atoms. The molecule has 1 unspecified atom stereocenters. The molecule has 2 aromatic rings. The molecule has 1 aromatic carbocycles. The second-order valence-corrected chi connectivity index (χ2v) is 4.21. The highest BCUT2D eigenvalue weighted by Gasteiger charge is 2.16. The molecule has 2 rings (SSSR count). The van der Waals surface area contributed by atoms with E-state index in [-0.39, 0.29) is 11.9 Å². The van der Waals surface area contributed by atoms with E-state index < -0.39 is 0 Å². The van der Waals surface area contributed by atoms with Crippen molar-refractivity contribution in [1.82, 2.24) is 10.3 Å². The topological polar surface area (TPSA) is 50.9 Å². The Morgan fingerprint density at radius 3 is 2.72 bits per heavy atom. The fraction of sp³-hybridized carbons (Fsp3) is 0.214. The van der Waals surface area contributed by atoms with Gasteiger partial charge in [0.15, 0.2) is 0 Å². The monoisotopic (exact) mass is 245 g/mol. The van der Waals surface area contributed by atoms with Crippen molar-refractivity contribution in [3.8, 4) is 0 Å². The number of nitrogen functional groups attached to an aromatic ring is 1. The van der Waals surface area contributed by atoms with Gasteiger partial charge in [0.1, 0.15) is 11.6 Å². The zero-order chi connectivity index (χ0) is 13.1. The molecule has 0 bridgehead atoms. The minimum atomic E-state index is -0.213. The molecule has 4 heteroatoms. The number of hydrogen-bond acceptors (Lipinski definition) is 3. The summed E-state index contributed by atoms with van der Waals surface area (Å²) in [6, 6.07) is 8.74. The van der Waals surface area contributed by atoms with Gasteiger partial charge in [0.05, 0.1) is 6.04 Å². The normalized spacial score (nSPS) is 12.4. The molecule has 0 aliphatic heterocycles. The summed E-state index contributed by atoms with van der Waals surface area (Å²) in [7, 11) is 1.81. The molecular formula is C14H16FN3. The van der Waals surface area contributed by atoms with Crippen LogP contribution < -0.4 is 11.1 Å². The predicted molar refractivity (Wildman–Crippen MR) is 70.7 cm³/mol. The van der Waals surface area contributed by atoms with Gasteiger partial charge in [-0.3, -0.25) is 0 Å². The molecule has 0 fully saturated rings. The van der Waals surface area contributed by atoms with E-state index in [9.17, 15) is 4.39 Å². The average Bonchev–Trinajstić information content (AvgIpc) is 2.37. The Morgan fingerprint density at radius 1 is 1.33 bits per heavy atom. The van der Waals surface area contributed by atoms with Crippen LogP contribution in [0.3, 0.4) is 0 Å². The third kappa shape index (κ3) is 2.33. The van der Waals surface area contributed by atoms with Crippen LogP contribution in [-0.4, -0.2) is 12.0 Å². The maximum absolute atomic E-state index is 13.6. The van der Waals surface area contributed by atoms with Crippen LogP contribution in [0.5, 0.6) is 0 Å². The van der Waals surface area contributed by atoms with E-state index in [0.717, 1.165) is 11.1 Å². The Morgan fingerprint density at radius 2 is 2.11 bits per heavy atom. The van der Waals surface area contributed by atoms with Crippen molar-refractivity contribution in [2.45, 2.75) is 13.0 Å². The average molecular weight is 245 g/mol. The highest BCUT2D eigenvalue weighted by molar-refractivity contribution is 5.45. The SMILES string of the molecule is CNC(c1ccc(C)c(F)c1)c1cccnc1N. The lowest BCUT2D eigenvalue weighted by atomic mass is 9.98. The van der Waals surface area contributed by atoms with E-state index in [1.165, 1.54) is 6.07 Å². The smallest absolute Gasteiger partial charge is 0.128 e. The first kappa shape index (κ1) is 12.5. The lowest BCUT2D eigenvalue weighted by Gasteiger charge is -2.18. The molecular weight excluding hydrogens is 229 g/mol. The van der Waals surface area contributed by atoms with Gasteiger partial charge >= 0.3 is 0 Å². The lowest BCUT2D eigenvalue weighted by Crippen LogP contribution is -2.19. The van der Waals surface area contributed by atoms with Crippen molar-refractivity contribution >= 4 is 5.82 Å². The van der Waals surface area contributed by atoms with Gasteiger partial charge < -0.3 is 11.1 Å². The largest absolute Gasteiger partial charge is 0.383 e. The van der Waals surface area contributed by atoms with Crippen LogP contribution in [0.4, 0.5) is 10.2 Å². The van der Waals surface area contributed by atoms with E-state index in [1.807, 2.05) is 25.2 Å². The number of aromatic nitrogens is 1. The van der Waals surface area contributed by atoms with Crippen molar-refractivity contribution < 1.29 is 4.39 Å². The van der Waals surface area contributed by atoms with Crippen molar-refractivity contribution in [3.05, 3.63) is 59.0 Å². The first-order valence-electron chi connectivity index (χ1n) is 5.77. The number of nitrogens with one attached hydrogen (secondary N) is 1. The number of benzene rings is 1. The summed E-state index contributed by atoms with van der Waals surface area (Å²) in [5.74, 6) is 0.244. The summed E-state index contributed by atoms with van der Waals surface area (Å²) in [4.78, 5) is 4.06. The van der Waals surface area contributed by atoms with Crippen molar-refractivity contribution in [1.29, 1.82) is 0 Å². The van der Waals surface area contributed by atoms with Gasteiger partial charge in [0, 0.05) is 11.8 Å². The molecule has 18 heavy (non-hydrogen) atoms. The van der Waals surface area contributed by atoms with Crippen LogP contribution in [0.1, 0.15) is 22.7 Å². The van der Waals surface area contributed by atoms with Gasteiger partial charge in [0.2, 0.25) is 0 Å². The molecule has 1 atom stereocenters. The number of rotatable bonds is 3. The molecule has 0 amide bonds. The summed E-state index contributed by atoms with van der Waals surface area (Å²) in [6.45, 7) is 1.74. The zero-order valence-corrected chi connectivity index (χ0v) is 10.4. The maximum Gasteiger partial charge on any atom is 0.128 e. The van der Waals surface area contributed by atoms with E-state index in [0.29, 0.717) is 11.4 Å². The van der Waals surface area contributed by atoms with Crippen LogP contribution in [-0.2, 0) is 0 Å². The summed E-state index contributed by atoms with van der Waals surface area (Å²) < 4.78 is 13.6. The van der Waals surface area contributed by atoms with Crippen molar-refractivity contribution in [3.63, 3.8) is 0 Å². The summed E-state index contributed by atoms with van der Waals surface area (Å²) in [5, 5.41) is 3.14. The van der Waals surface area contributed by atoms with E-state index in [2.05, 4.69) is 10.3 Å². The number of halogens is 1. The highest BCUT2D eigenvalue weighted by atomic mass is 19.1. The second kappa shape index (κ2) is 5.14. The Balaban J connectivity index is 2.45. The maximum atomic E-state index is 13.6. The molecule has 3 nitrogen and oxygen atoms in total. The second-order valence-electron chi connectivity index (χ2n) is 4.21. The van der Waals surface area contributed by atoms with Crippen LogP contribution in [0.15, 0.2) is 36.5 Å². The number of pyridine rings is 1. The van der Waals surface area contributed by atoms with Crippen LogP contribution in [0, 0.1) is 12.7 Å². The number of anilines is 1. The molecule has 0 saturated heterocycles. The quantitative estimate of drug-likeness (QED) is 0.873. The minimum absolute atomic E-state index is 0.159. The molecule has 1 aromatic heterocycles. The Kier molecular flexibility index (Phi) is 3.58. The summed E-state index contributed by atoms with van der Waals surface area (Å²) >= 11 is 0. The van der Waals surface area contributed by atoms with Crippen LogP contribution in [0.25, 0.3) is 0 Å². The molecule has 3 N–H and O–H groups in total. The zero-order valence-electron chi connectivity index (χ0n) is 10.4. The first-order valence-corrected chi connectivity index (χ1v) is 5.77. The first-order chi connectivity index (χ1) is 8.63. The Labute approximate surface area is 106 Å². The molecule has 0 radical (unpaired) electrons. The van der Waals surface area contributed by atoms with Crippen LogP contribution >= 0.6 is 0 Å². The molecule has 0 saturated carbocycles. The Bertz CT molecular complexity index is 554. The molecule has 0 aliphatic carbocycles. The van der Waals surface area contributed by atoms with Gasteiger partial charge in [-0.1, -0.05) is 18.2 Å². The van der Waals surface area contributed by atoms with E-state index in [4.69, 9.17) is 5.73 Å². The molecule has 0 aliphatic rings. The van der Waals surface area contributed by atoms with E-state index in [1.54, 1.807) is 19.2 Å². The van der Waals surface area contributed by atoms with Crippen molar-refractivity contribution in [2.24, 2.45) is 0 Å². The van der Waals surface area contributed by atoms with E-state index >= 15 is 0 Å². The molecule has 1 heterocycles. The van der Waals surface area contributed by atoms with Gasteiger partial charge in [0.25, 0.3) is 0 Å². The van der Waals surface area contributed by atoms with Gasteiger partial charge in [-0.15, -0.1) is 0 Å². The summed E-state index contributed by atoms with van der Waals surface area (Å²) in [5.41, 5.74) is 8.17. The van der Waals surface area contributed by atoms with Gasteiger partial charge in [-0.2, -0.15) is 0 Å². The number of aryl methyl sites for hydroxylation is 1. The fourth-order valence-electron chi connectivity index (χ4n) is 1.96. The number of nitrogens with two attached hydrogens (primary N) is 1. The molecule has 94 valence electrons. The highest BCUT2D eigenvalue weighted by Crippen LogP contribution is 2.26. The third-order valence-electron chi connectivity index (χ3n) is 3.00. The summed E-state index contributed by atoms with van der Waals surface area (Å²) in [6.07, 6.45) is 1.64. The third-order valence-corrected chi connectivity index (χ3v) is 3.00. The lowest BCUT2D eigenvalue weighted by molar-refractivity contribution is 0.608. The van der Waals surface area contributed by atoms with Gasteiger partial charge in [-0.25, -0.2) is 9.37 Å². The number of nitrogens with zero attached hydrogens (tertiary/aromatic N) is 1. The fourth-order valence-corrected chi connectivity index (χ4v) is 1.96. The van der Waals surface area contributed by atoms with Gasteiger partial charge in [-0.05, 0) is 37.2 Å². The number of hydrogen-bond donors (Lipinski definition) is 2. The standard InChI is InChI=1S/C14H16FN3/c1-9-5-6-10(8-12(9)15)13(17-2)11-4-3-7-18-14(11)16/h3-8,13,17H,1-2H3,(H2,16,18). The minimum Gasteiger partial charge on any atom is -0.383 e. The Hall–Kier alpha value is -1.94. The van der Waals surface area contributed by atoms with Crippen molar-refractivity contribution in [2.75, 3.05) is 12.8 Å². The predicted octanol–water partition coefficient (Wildman–Crippen LogP) is 2.42. The van der Waals surface area contributed by atoms with Crippen LogP contribution in [0.2, 0.25) is 0 Å².